The molecule has 0 unspecified atom stereocenters. The minimum absolute atomic E-state index is 0.198. The van der Waals surface area contributed by atoms with Gasteiger partial charge in [-0.05, 0) is 31.4 Å². The highest BCUT2D eigenvalue weighted by atomic mass is 16.2. The number of likely N-dealkylation sites (tertiary alicyclic amines) is 1. The van der Waals surface area contributed by atoms with Crippen molar-refractivity contribution in [2.75, 3.05) is 19.6 Å². The van der Waals surface area contributed by atoms with Crippen molar-refractivity contribution in [1.82, 2.24) is 20.0 Å². The first kappa shape index (κ1) is 13.1. The summed E-state index contributed by atoms with van der Waals surface area (Å²) in [4.78, 5) is 13.1. The van der Waals surface area contributed by atoms with E-state index in [0.29, 0.717) is 6.04 Å². The smallest absolute Gasteiger partial charge is 0.219 e. The SMILES string of the molecule is CC(=O)N1CCC(NCCc2cnn(C)c2)CC1. The van der Waals surface area contributed by atoms with Gasteiger partial charge < -0.3 is 10.2 Å². The van der Waals surface area contributed by atoms with Gasteiger partial charge in [0.25, 0.3) is 0 Å². The molecule has 1 aliphatic rings. The summed E-state index contributed by atoms with van der Waals surface area (Å²) in [5.74, 6) is 0.198. The molecule has 2 heterocycles. The van der Waals surface area contributed by atoms with Gasteiger partial charge in [-0.2, -0.15) is 5.10 Å². The number of nitrogens with zero attached hydrogens (tertiary/aromatic N) is 3. The normalized spacial score (nSPS) is 17.1. The molecular weight excluding hydrogens is 228 g/mol. The van der Waals surface area contributed by atoms with Crippen molar-refractivity contribution in [3.63, 3.8) is 0 Å². The van der Waals surface area contributed by atoms with Crippen LogP contribution in [0.4, 0.5) is 0 Å². The van der Waals surface area contributed by atoms with E-state index < -0.39 is 0 Å². The molecule has 1 aliphatic heterocycles. The molecule has 0 aromatic carbocycles. The number of rotatable bonds is 4. The molecule has 0 radical (unpaired) electrons. The Labute approximate surface area is 108 Å². The fourth-order valence-corrected chi connectivity index (χ4v) is 2.42. The van der Waals surface area contributed by atoms with Gasteiger partial charge in [-0.3, -0.25) is 9.48 Å². The van der Waals surface area contributed by atoms with E-state index in [1.165, 1.54) is 5.56 Å². The van der Waals surface area contributed by atoms with E-state index in [9.17, 15) is 4.79 Å². The summed E-state index contributed by atoms with van der Waals surface area (Å²) in [6.45, 7) is 4.41. The maximum Gasteiger partial charge on any atom is 0.219 e. The number of hydrogen-bond acceptors (Lipinski definition) is 3. The molecule has 1 N–H and O–H groups in total. The van der Waals surface area contributed by atoms with E-state index >= 15 is 0 Å². The van der Waals surface area contributed by atoms with Crippen molar-refractivity contribution >= 4 is 5.91 Å². The molecule has 1 saturated heterocycles. The second-order valence-corrected chi connectivity index (χ2v) is 5.01. The Morgan fingerprint density at radius 1 is 1.50 bits per heavy atom. The fourth-order valence-electron chi connectivity index (χ4n) is 2.42. The highest BCUT2D eigenvalue weighted by Crippen LogP contribution is 2.10. The molecule has 1 amide bonds. The van der Waals surface area contributed by atoms with Gasteiger partial charge >= 0.3 is 0 Å². The lowest BCUT2D eigenvalue weighted by Gasteiger charge is -2.31. The van der Waals surface area contributed by atoms with Gasteiger partial charge in [0, 0.05) is 39.3 Å². The van der Waals surface area contributed by atoms with Crippen LogP contribution in [-0.2, 0) is 18.3 Å². The van der Waals surface area contributed by atoms with Crippen molar-refractivity contribution in [2.24, 2.45) is 7.05 Å². The number of carbonyl (C=O) groups is 1. The monoisotopic (exact) mass is 250 g/mol. The summed E-state index contributed by atoms with van der Waals surface area (Å²) >= 11 is 0. The molecule has 18 heavy (non-hydrogen) atoms. The second-order valence-electron chi connectivity index (χ2n) is 5.01. The Morgan fingerprint density at radius 3 is 2.78 bits per heavy atom. The van der Waals surface area contributed by atoms with Gasteiger partial charge in [-0.1, -0.05) is 0 Å². The van der Waals surface area contributed by atoms with Crippen molar-refractivity contribution < 1.29 is 4.79 Å². The van der Waals surface area contributed by atoms with Crippen LogP contribution < -0.4 is 5.32 Å². The number of nitrogens with one attached hydrogen (secondary N) is 1. The largest absolute Gasteiger partial charge is 0.343 e. The topological polar surface area (TPSA) is 50.2 Å². The van der Waals surface area contributed by atoms with Gasteiger partial charge in [-0.25, -0.2) is 0 Å². The van der Waals surface area contributed by atoms with Gasteiger partial charge in [0.15, 0.2) is 0 Å². The van der Waals surface area contributed by atoms with Crippen molar-refractivity contribution in [1.29, 1.82) is 0 Å². The molecule has 2 rings (SSSR count). The van der Waals surface area contributed by atoms with Gasteiger partial charge in [0.1, 0.15) is 0 Å². The summed E-state index contributed by atoms with van der Waals surface area (Å²) in [5.41, 5.74) is 1.27. The lowest BCUT2D eigenvalue weighted by atomic mass is 10.0. The van der Waals surface area contributed by atoms with Crippen LogP contribution in [0.5, 0.6) is 0 Å². The van der Waals surface area contributed by atoms with Crippen LogP contribution in [0.25, 0.3) is 0 Å². The molecule has 100 valence electrons. The molecule has 5 heteroatoms. The van der Waals surface area contributed by atoms with Crippen LogP contribution in [0.2, 0.25) is 0 Å². The zero-order chi connectivity index (χ0) is 13.0. The lowest BCUT2D eigenvalue weighted by Crippen LogP contribution is -2.44. The molecule has 0 atom stereocenters. The van der Waals surface area contributed by atoms with Crippen LogP contribution in [0.1, 0.15) is 25.3 Å². The average Bonchev–Trinajstić information content (AvgIpc) is 2.76. The number of aromatic nitrogens is 2. The van der Waals surface area contributed by atoms with Gasteiger partial charge in [0.05, 0.1) is 6.20 Å². The standard InChI is InChI=1S/C13H22N4O/c1-11(18)17-7-4-13(5-8-17)14-6-3-12-9-15-16(2)10-12/h9-10,13-14H,3-8H2,1-2H3. The van der Waals surface area contributed by atoms with E-state index in [1.54, 1.807) is 6.92 Å². The predicted octanol–water partition coefficient (Wildman–Crippen LogP) is 0.563. The second kappa shape index (κ2) is 6.00. The number of aryl methyl sites for hydroxylation is 1. The van der Waals surface area contributed by atoms with Gasteiger partial charge in [-0.15, -0.1) is 0 Å². The molecule has 1 aromatic heterocycles. The maximum absolute atomic E-state index is 11.2. The summed E-state index contributed by atoms with van der Waals surface area (Å²) < 4.78 is 1.83. The van der Waals surface area contributed by atoms with Crippen LogP contribution in [0.15, 0.2) is 12.4 Å². The molecule has 0 bridgehead atoms. The number of hydrogen-bond donors (Lipinski definition) is 1. The molecule has 1 aromatic rings. The molecule has 0 spiro atoms. The maximum atomic E-state index is 11.2. The fraction of sp³-hybridized carbons (Fsp3) is 0.692. The Balaban J connectivity index is 1.65. The van der Waals surface area contributed by atoms with E-state index in [2.05, 4.69) is 16.6 Å². The number of amides is 1. The Morgan fingerprint density at radius 2 is 2.22 bits per heavy atom. The van der Waals surface area contributed by atoms with E-state index in [0.717, 1.165) is 38.9 Å². The van der Waals surface area contributed by atoms with E-state index in [1.807, 2.05) is 22.8 Å². The molecular formula is C13H22N4O. The highest BCUT2D eigenvalue weighted by Gasteiger charge is 2.19. The van der Waals surface area contributed by atoms with E-state index in [-0.39, 0.29) is 5.91 Å². The zero-order valence-corrected chi connectivity index (χ0v) is 11.2. The Bertz CT molecular complexity index is 393. The van der Waals surface area contributed by atoms with Crippen molar-refractivity contribution in [3.8, 4) is 0 Å². The lowest BCUT2D eigenvalue weighted by molar-refractivity contribution is -0.129. The quantitative estimate of drug-likeness (QED) is 0.849. The Hall–Kier alpha value is -1.36. The third-order valence-electron chi connectivity index (χ3n) is 3.55. The summed E-state index contributed by atoms with van der Waals surface area (Å²) in [7, 11) is 1.94. The molecule has 0 aliphatic carbocycles. The first-order valence-electron chi connectivity index (χ1n) is 6.61. The minimum atomic E-state index is 0.198. The summed E-state index contributed by atoms with van der Waals surface area (Å²) in [5, 5.41) is 7.72. The van der Waals surface area contributed by atoms with Gasteiger partial charge in [0.2, 0.25) is 5.91 Å². The third-order valence-corrected chi connectivity index (χ3v) is 3.55. The van der Waals surface area contributed by atoms with E-state index in [4.69, 9.17) is 0 Å². The van der Waals surface area contributed by atoms with Crippen LogP contribution in [-0.4, -0.2) is 46.3 Å². The Kier molecular flexibility index (Phi) is 4.36. The third kappa shape index (κ3) is 3.57. The van der Waals surface area contributed by atoms with Crippen LogP contribution >= 0.6 is 0 Å². The first-order chi connectivity index (χ1) is 8.65. The molecule has 5 nitrogen and oxygen atoms in total. The summed E-state index contributed by atoms with van der Waals surface area (Å²) in [6, 6.07) is 0.553. The molecule has 0 saturated carbocycles. The molecule has 1 fully saturated rings. The minimum Gasteiger partial charge on any atom is -0.343 e. The van der Waals surface area contributed by atoms with Crippen LogP contribution in [0, 0.1) is 0 Å². The zero-order valence-electron chi connectivity index (χ0n) is 11.2. The number of piperidine rings is 1. The summed E-state index contributed by atoms with van der Waals surface area (Å²) in [6.07, 6.45) is 7.11. The van der Waals surface area contributed by atoms with Crippen molar-refractivity contribution in [2.45, 2.75) is 32.2 Å². The average molecular weight is 250 g/mol. The predicted molar refractivity (Wildman–Crippen MR) is 70.2 cm³/mol. The number of carbonyl (C=O) groups excluding carboxylic acids is 1. The van der Waals surface area contributed by atoms with Crippen LogP contribution in [0.3, 0.4) is 0 Å². The van der Waals surface area contributed by atoms with Crippen molar-refractivity contribution in [3.05, 3.63) is 18.0 Å². The first-order valence-corrected chi connectivity index (χ1v) is 6.61. The highest BCUT2D eigenvalue weighted by molar-refractivity contribution is 5.73.